The quantitative estimate of drug-likeness (QED) is 0.499. The monoisotopic (exact) mass is 387 g/mol. The molecule has 0 radical (unpaired) electrons. The summed E-state index contributed by atoms with van der Waals surface area (Å²) in [5, 5.41) is 11.3. The van der Waals surface area contributed by atoms with E-state index in [4.69, 9.17) is 9.84 Å². The van der Waals surface area contributed by atoms with Crippen LogP contribution in [0.4, 0.5) is 0 Å². The van der Waals surface area contributed by atoms with Crippen LogP contribution in [-0.2, 0) is 4.79 Å². The maximum atomic E-state index is 12.4. The maximum Gasteiger partial charge on any atom is 0.316 e. The van der Waals surface area contributed by atoms with Crippen LogP contribution in [0.1, 0.15) is 42.6 Å². The molecule has 5 nitrogen and oxygen atoms in total. The molecule has 1 amide bonds. The summed E-state index contributed by atoms with van der Waals surface area (Å²) < 4.78 is 5.66. The van der Waals surface area contributed by atoms with E-state index in [2.05, 4.69) is 19.2 Å². The molecule has 1 atom stereocenters. The van der Waals surface area contributed by atoms with Gasteiger partial charge in [0.1, 0.15) is 17.6 Å². The van der Waals surface area contributed by atoms with E-state index in [0.717, 1.165) is 17.5 Å². The highest BCUT2D eigenvalue weighted by Crippen LogP contribution is 2.27. The molecule has 0 aliphatic carbocycles. The molecule has 0 saturated heterocycles. The van der Waals surface area contributed by atoms with Crippen molar-refractivity contribution in [1.29, 1.82) is 0 Å². The van der Waals surface area contributed by atoms with Gasteiger partial charge in [-0.25, -0.2) is 0 Å². The third kappa shape index (κ3) is 6.32. The summed E-state index contributed by atoms with van der Waals surface area (Å²) in [6.45, 7) is 6.59. The van der Waals surface area contributed by atoms with Gasteiger partial charge in [0.2, 0.25) is 0 Å². The van der Waals surface area contributed by atoms with Crippen LogP contribution in [0.5, 0.6) is 5.75 Å². The minimum atomic E-state index is -0.910. The highest BCUT2D eigenvalue weighted by molar-refractivity contribution is 8.00. The topological polar surface area (TPSA) is 75.6 Å². The van der Waals surface area contributed by atoms with E-state index in [-0.39, 0.29) is 5.91 Å². The average molecular weight is 388 g/mol. The van der Waals surface area contributed by atoms with Crippen molar-refractivity contribution in [3.8, 4) is 5.75 Å². The van der Waals surface area contributed by atoms with E-state index < -0.39 is 11.2 Å². The van der Waals surface area contributed by atoms with E-state index >= 15 is 0 Å². The summed E-state index contributed by atoms with van der Waals surface area (Å²) >= 11 is 1.15. The number of benzene rings is 2. The number of carbonyl (C=O) groups excluding carboxylic acids is 1. The van der Waals surface area contributed by atoms with Crippen molar-refractivity contribution in [2.24, 2.45) is 0 Å². The van der Waals surface area contributed by atoms with Crippen molar-refractivity contribution in [2.75, 3.05) is 13.2 Å². The largest absolute Gasteiger partial charge is 0.492 e. The second-order valence-corrected chi connectivity index (χ2v) is 7.81. The Balaban J connectivity index is 1.86. The summed E-state index contributed by atoms with van der Waals surface area (Å²) in [4.78, 5) is 24.1. The van der Waals surface area contributed by atoms with Gasteiger partial charge in [-0.05, 0) is 42.7 Å². The molecule has 2 aromatic carbocycles. The Labute approximate surface area is 164 Å². The molecular formula is C21H25NO4S. The van der Waals surface area contributed by atoms with Gasteiger partial charge in [0, 0.05) is 4.90 Å². The molecular weight excluding hydrogens is 362 g/mol. The highest BCUT2D eigenvalue weighted by atomic mass is 32.2. The third-order valence-corrected chi connectivity index (χ3v) is 5.15. The van der Waals surface area contributed by atoms with Gasteiger partial charge in [-0.3, -0.25) is 9.59 Å². The zero-order valence-corrected chi connectivity index (χ0v) is 16.6. The van der Waals surface area contributed by atoms with Crippen LogP contribution >= 0.6 is 11.8 Å². The molecule has 0 spiro atoms. The summed E-state index contributed by atoms with van der Waals surface area (Å²) in [7, 11) is 0. The normalized spacial score (nSPS) is 11.9. The molecule has 6 heteroatoms. The minimum absolute atomic E-state index is 0.241. The molecule has 0 aliphatic rings. The first-order valence-corrected chi connectivity index (χ1v) is 9.76. The second-order valence-electron chi connectivity index (χ2n) is 6.42. The van der Waals surface area contributed by atoms with Crippen molar-refractivity contribution in [3.63, 3.8) is 0 Å². The number of carbonyl (C=O) groups is 2. The zero-order chi connectivity index (χ0) is 19.8. The lowest BCUT2D eigenvalue weighted by molar-refractivity contribution is -0.136. The lowest BCUT2D eigenvalue weighted by Gasteiger charge is -2.12. The fourth-order valence-corrected chi connectivity index (χ4v) is 3.30. The number of amides is 1. The zero-order valence-electron chi connectivity index (χ0n) is 15.8. The van der Waals surface area contributed by atoms with Gasteiger partial charge < -0.3 is 15.2 Å². The van der Waals surface area contributed by atoms with Crippen molar-refractivity contribution >= 4 is 23.6 Å². The molecule has 1 unspecified atom stereocenters. The number of hydrogen-bond donors (Lipinski definition) is 2. The number of ether oxygens (including phenoxy) is 1. The molecule has 144 valence electrons. The van der Waals surface area contributed by atoms with Gasteiger partial charge in [-0.1, -0.05) is 38.1 Å². The Hall–Kier alpha value is -2.47. The lowest BCUT2D eigenvalue weighted by Crippen LogP contribution is -2.28. The van der Waals surface area contributed by atoms with Crippen LogP contribution in [0.25, 0.3) is 0 Å². The second kappa shape index (κ2) is 10.0. The van der Waals surface area contributed by atoms with Gasteiger partial charge in [0.05, 0.1) is 12.1 Å². The molecule has 0 heterocycles. The smallest absolute Gasteiger partial charge is 0.316 e. The standard InChI is InChI=1S/C21H25NO4S/c1-14(2)16-8-10-17(11-9-16)26-13-12-22-20(23)18-6-4-5-7-19(18)27-15(3)21(24)25/h4-11,14-15H,12-13H2,1-3H3,(H,22,23)(H,24,25). The van der Waals surface area contributed by atoms with E-state index in [0.29, 0.717) is 29.5 Å². The number of nitrogens with one attached hydrogen (secondary N) is 1. The summed E-state index contributed by atoms with van der Waals surface area (Å²) in [5.74, 6) is 0.0848. The molecule has 0 fully saturated rings. The third-order valence-electron chi connectivity index (χ3n) is 3.99. The summed E-state index contributed by atoms with van der Waals surface area (Å²) in [5.41, 5.74) is 1.72. The lowest BCUT2D eigenvalue weighted by atomic mass is 10.0. The summed E-state index contributed by atoms with van der Waals surface area (Å²) in [6, 6.07) is 14.9. The van der Waals surface area contributed by atoms with Crippen molar-refractivity contribution in [1.82, 2.24) is 5.32 Å². The Kier molecular flexibility index (Phi) is 7.73. The average Bonchev–Trinajstić information content (AvgIpc) is 2.65. The van der Waals surface area contributed by atoms with Crippen LogP contribution in [0.15, 0.2) is 53.4 Å². The van der Waals surface area contributed by atoms with Gasteiger partial charge in [-0.15, -0.1) is 11.8 Å². The van der Waals surface area contributed by atoms with Crippen molar-refractivity contribution in [3.05, 3.63) is 59.7 Å². The molecule has 2 aromatic rings. The first kappa shape index (κ1) is 20.8. The molecule has 0 aliphatic heterocycles. The van der Waals surface area contributed by atoms with Crippen LogP contribution in [0.2, 0.25) is 0 Å². The van der Waals surface area contributed by atoms with E-state index in [1.54, 1.807) is 31.2 Å². The first-order valence-electron chi connectivity index (χ1n) is 8.88. The minimum Gasteiger partial charge on any atom is -0.492 e. The van der Waals surface area contributed by atoms with Crippen LogP contribution in [0.3, 0.4) is 0 Å². The Morgan fingerprint density at radius 1 is 1.07 bits per heavy atom. The Bertz CT molecular complexity index is 774. The molecule has 0 saturated carbocycles. The van der Waals surface area contributed by atoms with Gasteiger partial charge in [0.15, 0.2) is 0 Å². The summed E-state index contributed by atoms with van der Waals surface area (Å²) in [6.07, 6.45) is 0. The first-order chi connectivity index (χ1) is 12.9. The number of thioether (sulfide) groups is 1. The SMILES string of the molecule is CC(Sc1ccccc1C(=O)NCCOc1ccc(C(C)C)cc1)C(=O)O. The predicted octanol–water partition coefficient (Wildman–Crippen LogP) is 4.18. The van der Waals surface area contributed by atoms with Crippen LogP contribution in [-0.4, -0.2) is 35.4 Å². The molecule has 2 N–H and O–H groups in total. The van der Waals surface area contributed by atoms with Crippen molar-refractivity contribution < 1.29 is 19.4 Å². The van der Waals surface area contributed by atoms with E-state index in [1.807, 2.05) is 24.3 Å². The highest BCUT2D eigenvalue weighted by Gasteiger charge is 2.17. The number of carboxylic acid groups (broad SMARTS) is 1. The predicted molar refractivity (Wildman–Crippen MR) is 108 cm³/mol. The fraction of sp³-hybridized carbons (Fsp3) is 0.333. The Morgan fingerprint density at radius 2 is 1.74 bits per heavy atom. The molecule has 2 rings (SSSR count). The van der Waals surface area contributed by atoms with Gasteiger partial charge >= 0.3 is 5.97 Å². The number of aliphatic carboxylic acids is 1. The molecule has 0 bridgehead atoms. The van der Waals surface area contributed by atoms with Crippen LogP contribution < -0.4 is 10.1 Å². The van der Waals surface area contributed by atoms with E-state index in [1.165, 1.54) is 5.56 Å². The van der Waals surface area contributed by atoms with Crippen molar-refractivity contribution in [2.45, 2.75) is 36.8 Å². The number of carboxylic acids is 1. The Morgan fingerprint density at radius 3 is 2.37 bits per heavy atom. The van der Waals surface area contributed by atoms with E-state index in [9.17, 15) is 9.59 Å². The maximum absolute atomic E-state index is 12.4. The van der Waals surface area contributed by atoms with Gasteiger partial charge in [0.25, 0.3) is 5.91 Å². The van der Waals surface area contributed by atoms with Crippen LogP contribution in [0, 0.1) is 0 Å². The number of hydrogen-bond acceptors (Lipinski definition) is 4. The number of rotatable bonds is 9. The fourth-order valence-electron chi connectivity index (χ4n) is 2.38. The van der Waals surface area contributed by atoms with Gasteiger partial charge in [-0.2, -0.15) is 0 Å². The molecule has 0 aromatic heterocycles. The molecule has 27 heavy (non-hydrogen) atoms.